The van der Waals surface area contributed by atoms with Crippen LogP contribution in [0.25, 0.3) is 10.8 Å². The monoisotopic (exact) mass is 245 g/mol. The van der Waals surface area contributed by atoms with E-state index in [0.717, 1.165) is 12.1 Å². The van der Waals surface area contributed by atoms with Gasteiger partial charge in [0.2, 0.25) is 0 Å². The molecule has 92 valence electrons. The van der Waals surface area contributed by atoms with Crippen LogP contribution in [0.15, 0.2) is 77.8 Å². The van der Waals surface area contributed by atoms with Crippen molar-refractivity contribution in [2.45, 2.75) is 6.42 Å². The van der Waals surface area contributed by atoms with Gasteiger partial charge >= 0.3 is 0 Å². The van der Waals surface area contributed by atoms with Crippen molar-refractivity contribution in [1.82, 2.24) is 0 Å². The summed E-state index contributed by atoms with van der Waals surface area (Å²) in [5.41, 5.74) is 2.32. The molecule has 3 aromatic rings. The number of fused-ring (bicyclic) bond motifs is 1. The lowest BCUT2D eigenvalue weighted by molar-refractivity contribution is 1.35. The van der Waals surface area contributed by atoms with Crippen LogP contribution in [0.4, 0.5) is 5.69 Å². The van der Waals surface area contributed by atoms with Crippen LogP contribution in [0.1, 0.15) is 5.56 Å². The van der Waals surface area contributed by atoms with E-state index < -0.39 is 0 Å². The topological polar surface area (TPSA) is 12.4 Å². The molecule has 0 fully saturated rings. The largest absolute Gasteiger partial charge is 0.260 e. The van der Waals surface area contributed by atoms with Crippen molar-refractivity contribution >= 4 is 22.7 Å². The molecule has 0 aliphatic heterocycles. The molecule has 0 amide bonds. The van der Waals surface area contributed by atoms with E-state index in [9.17, 15) is 0 Å². The summed E-state index contributed by atoms with van der Waals surface area (Å²) in [7, 11) is 0. The zero-order chi connectivity index (χ0) is 12.9. The highest BCUT2D eigenvalue weighted by atomic mass is 14.7. The minimum absolute atomic E-state index is 0.865. The van der Waals surface area contributed by atoms with E-state index in [-0.39, 0.29) is 0 Å². The molecule has 0 aliphatic rings. The lowest BCUT2D eigenvalue weighted by atomic mass is 10.1. The molecule has 0 spiro atoms. The van der Waals surface area contributed by atoms with Gasteiger partial charge in [0.25, 0.3) is 0 Å². The Labute approximate surface area is 113 Å². The Bertz CT molecular complexity index is 694. The molecule has 0 unspecified atom stereocenters. The van der Waals surface area contributed by atoms with Gasteiger partial charge in [0.15, 0.2) is 0 Å². The zero-order valence-electron chi connectivity index (χ0n) is 10.7. The molecular formula is C18H15N. The van der Waals surface area contributed by atoms with Gasteiger partial charge in [-0.2, -0.15) is 0 Å². The smallest absolute Gasteiger partial charge is 0.0704 e. The van der Waals surface area contributed by atoms with E-state index in [2.05, 4.69) is 71.7 Å². The zero-order valence-corrected chi connectivity index (χ0v) is 10.7. The van der Waals surface area contributed by atoms with Crippen LogP contribution >= 0.6 is 0 Å². The molecule has 0 aromatic heterocycles. The fourth-order valence-electron chi connectivity index (χ4n) is 2.18. The van der Waals surface area contributed by atoms with Gasteiger partial charge in [-0.05, 0) is 17.0 Å². The van der Waals surface area contributed by atoms with E-state index in [0.29, 0.717) is 0 Å². The molecule has 0 saturated heterocycles. The normalized spacial score (nSPS) is 11.2. The minimum atomic E-state index is 0.865. The number of rotatable bonds is 3. The van der Waals surface area contributed by atoms with E-state index in [1.807, 2.05) is 12.3 Å². The fourth-order valence-corrected chi connectivity index (χ4v) is 2.18. The van der Waals surface area contributed by atoms with Crippen molar-refractivity contribution in [2.75, 3.05) is 0 Å². The Hall–Kier alpha value is -2.41. The summed E-state index contributed by atoms with van der Waals surface area (Å²) in [5, 5.41) is 2.44. The van der Waals surface area contributed by atoms with Crippen LogP contribution in [-0.4, -0.2) is 6.21 Å². The van der Waals surface area contributed by atoms with Crippen LogP contribution in [0.2, 0.25) is 0 Å². The third-order valence-corrected chi connectivity index (χ3v) is 3.17. The second kappa shape index (κ2) is 5.49. The minimum Gasteiger partial charge on any atom is -0.260 e. The van der Waals surface area contributed by atoms with Gasteiger partial charge in [0.05, 0.1) is 5.69 Å². The van der Waals surface area contributed by atoms with Crippen LogP contribution < -0.4 is 0 Å². The number of hydrogen-bond acceptors (Lipinski definition) is 1. The van der Waals surface area contributed by atoms with Crippen molar-refractivity contribution in [1.29, 1.82) is 0 Å². The summed E-state index contributed by atoms with van der Waals surface area (Å²) in [6.45, 7) is 0. The Morgan fingerprint density at radius 1 is 0.737 bits per heavy atom. The molecule has 0 atom stereocenters. The third-order valence-electron chi connectivity index (χ3n) is 3.17. The maximum Gasteiger partial charge on any atom is 0.0704 e. The fraction of sp³-hybridized carbons (Fsp3) is 0.0556. The first-order chi connectivity index (χ1) is 9.43. The Morgan fingerprint density at radius 3 is 2.37 bits per heavy atom. The van der Waals surface area contributed by atoms with Crippen LogP contribution in [0.5, 0.6) is 0 Å². The predicted octanol–water partition coefficient (Wildman–Crippen LogP) is 4.78. The van der Waals surface area contributed by atoms with Gasteiger partial charge < -0.3 is 0 Å². The molecule has 0 heterocycles. The molecule has 0 N–H and O–H groups in total. The first-order valence-corrected chi connectivity index (χ1v) is 6.48. The third kappa shape index (κ3) is 2.71. The first kappa shape index (κ1) is 11.7. The lowest BCUT2D eigenvalue weighted by Crippen LogP contribution is -1.84. The quantitative estimate of drug-likeness (QED) is 0.588. The average Bonchev–Trinajstić information content (AvgIpc) is 2.49. The van der Waals surface area contributed by atoms with Gasteiger partial charge in [-0.3, -0.25) is 4.99 Å². The standard InChI is InChI=1S/C18H15N/c1-2-7-15(8-3-1)13-14-19-18-12-6-10-16-9-4-5-11-17(16)18/h1-12,14H,13H2. The van der Waals surface area contributed by atoms with Crippen LogP contribution in [0, 0.1) is 0 Å². The summed E-state index contributed by atoms with van der Waals surface area (Å²) in [6.07, 6.45) is 2.85. The number of aliphatic imine (C=N–C) groups is 1. The second-order valence-electron chi connectivity index (χ2n) is 4.50. The molecule has 0 aliphatic carbocycles. The summed E-state index contributed by atoms with van der Waals surface area (Å²) in [6, 6.07) is 25.0. The first-order valence-electron chi connectivity index (χ1n) is 6.48. The number of benzene rings is 3. The van der Waals surface area contributed by atoms with Gasteiger partial charge in [0.1, 0.15) is 0 Å². The Balaban J connectivity index is 1.85. The molecule has 3 rings (SSSR count). The molecule has 0 radical (unpaired) electrons. The van der Waals surface area contributed by atoms with E-state index in [1.165, 1.54) is 16.3 Å². The molecule has 0 saturated carbocycles. The van der Waals surface area contributed by atoms with Crippen molar-refractivity contribution in [2.24, 2.45) is 4.99 Å². The summed E-state index contributed by atoms with van der Waals surface area (Å²) in [5.74, 6) is 0. The molecular weight excluding hydrogens is 230 g/mol. The van der Waals surface area contributed by atoms with Crippen LogP contribution in [0.3, 0.4) is 0 Å². The maximum absolute atomic E-state index is 4.60. The predicted molar refractivity (Wildman–Crippen MR) is 82.2 cm³/mol. The van der Waals surface area contributed by atoms with Crippen molar-refractivity contribution in [3.63, 3.8) is 0 Å². The number of nitrogens with zero attached hydrogens (tertiary/aromatic N) is 1. The highest BCUT2D eigenvalue weighted by Gasteiger charge is 1.97. The SMILES string of the molecule is C(Cc1ccccc1)=Nc1cccc2ccccc12. The van der Waals surface area contributed by atoms with Crippen molar-refractivity contribution < 1.29 is 0 Å². The number of hydrogen-bond donors (Lipinski definition) is 0. The van der Waals surface area contributed by atoms with E-state index in [4.69, 9.17) is 0 Å². The average molecular weight is 245 g/mol. The highest BCUT2D eigenvalue weighted by Crippen LogP contribution is 2.25. The van der Waals surface area contributed by atoms with Gasteiger partial charge in [-0.15, -0.1) is 0 Å². The second-order valence-corrected chi connectivity index (χ2v) is 4.50. The van der Waals surface area contributed by atoms with Gasteiger partial charge in [-0.25, -0.2) is 0 Å². The summed E-state index contributed by atoms with van der Waals surface area (Å²) >= 11 is 0. The van der Waals surface area contributed by atoms with Crippen molar-refractivity contribution in [3.05, 3.63) is 78.4 Å². The Kier molecular flexibility index (Phi) is 3.37. The Morgan fingerprint density at radius 2 is 1.47 bits per heavy atom. The summed E-state index contributed by atoms with van der Waals surface area (Å²) < 4.78 is 0. The maximum atomic E-state index is 4.60. The molecule has 3 aromatic carbocycles. The van der Waals surface area contributed by atoms with E-state index >= 15 is 0 Å². The lowest BCUT2D eigenvalue weighted by Gasteiger charge is -2.01. The summed E-state index contributed by atoms with van der Waals surface area (Å²) in [4.78, 5) is 4.60. The molecule has 19 heavy (non-hydrogen) atoms. The molecule has 1 heteroatoms. The molecule has 1 nitrogen and oxygen atoms in total. The van der Waals surface area contributed by atoms with Crippen molar-refractivity contribution in [3.8, 4) is 0 Å². The van der Waals surface area contributed by atoms with Gasteiger partial charge in [0, 0.05) is 18.0 Å². The highest BCUT2D eigenvalue weighted by molar-refractivity contribution is 5.93. The van der Waals surface area contributed by atoms with Crippen LogP contribution in [-0.2, 0) is 6.42 Å². The van der Waals surface area contributed by atoms with Gasteiger partial charge in [-0.1, -0.05) is 66.7 Å². The molecule has 0 bridgehead atoms. The van der Waals surface area contributed by atoms with E-state index in [1.54, 1.807) is 0 Å².